The number of amides is 1. The highest BCUT2D eigenvalue weighted by molar-refractivity contribution is 6.31. The van der Waals surface area contributed by atoms with E-state index in [1.54, 1.807) is 23.1 Å². The number of aromatic nitrogens is 4. The summed E-state index contributed by atoms with van der Waals surface area (Å²) in [6, 6.07) is 13.3. The van der Waals surface area contributed by atoms with Crippen molar-refractivity contribution < 1.29 is 14.3 Å². The number of nitrogens with one attached hydrogen (secondary N) is 1. The van der Waals surface area contributed by atoms with E-state index >= 15 is 0 Å². The van der Waals surface area contributed by atoms with Crippen LogP contribution in [0.15, 0.2) is 54.9 Å². The van der Waals surface area contributed by atoms with Crippen LogP contribution in [-0.2, 0) is 13.1 Å². The normalized spacial score (nSPS) is 10.9. The summed E-state index contributed by atoms with van der Waals surface area (Å²) in [6.07, 6.45) is 3.44. The van der Waals surface area contributed by atoms with Gasteiger partial charge in [-0.2, -0.15) is 10.2 Å². The maximum Gasteiger partial charge on any atom is 0.255 e. The Hall–Kier alpha value is -3.78. The van der Waals surface area contributed by atoms with Crippen molar-refractivity contribution >= 4 is 23.2 Å². The first-order valence-electron chi connectivity index (χ1n) is 11.9. The van der Waals surface area contributed by atoms with Gasteiger partial charge in [-0.3, -0.25) is 14.2 Å². The first kappa shape index (κ1) is 25.3. The Balaban J connectivity index is 1.42. The van der Waals surface area contributed by atoms with Crippen molar-refractivity contribution in [1.29, 1.82) is 0 Å². The lowest BCUT2D eigenvalue weighted by Crippen LogP contribution is -2.12. The second-order valence-corrected chi connectivity index (χ2v) is 8.75. The van der Waals surface area contributed by atoms with E-state index in [0.717, 1.165) is 28.3 Å². The van der Waals surface area contributed by atoms with E-state index in [1.807, 2.05) is 68.8 Å². The number of carbonyl (C=O) groups is 1. The van der Waals surface area contributed by atoms with E-state index in [-0.39, 0.29) is 5.91 Å². The summed E-state index contributed by atoms with van der Waals surface area (Å²) >= 11 is 6.26. The lowest BCUT2D eigenvalue weighted by molar-refractivity contribution is 0.102. The van der Waals surface area contributed by atoms with Gasteiger partial charge in [0.25, 0.3) is 5.91 Å². The molecular formula is C27H30ClN5O3. The fourth-order valence-electron chi connectivity index (χ4n) is 3.91. The molecule has 0 saturated heterocycles. The standard InChI is InChI=1S/C27H30ClN5O3/c1-5-35-24-11-10-21(13-25(24)36-6-2)15-32-17-23(14-29-32)30-27(34)22-9-7-8-20(12-22)16-33-19(4)26(28)18(3)31-33/h7-14,17H,5-6,15-16H2,1-4H3,(H,30,34). The van der Waals surface area contributed by atoms with Gasteiger partial charge in [-0.05, 0) is 63.1 Å². The average molecular weight is 508 g/mol. The molecule has 36 heavy (non-hydrogen) atoms. The van der Waals surface area contributed by atoms with Crippen LogP contribution in [0.5, 0.6) is 11.5 Å². The van der Waals surface area contributed by atoms with Gasteiger partial charge in [0.2, 0.25) is 0 Å². The number of hydrogen-bond acceptors (Lipinski definition) is 5. The van der Waals surface area contributed by atoms with Crippen LogP contribution in [0.1, 0.15) is 46.7 Å². The zero-order chi connectivity index (χ0) is 25.7. The van der Waals surface area contributed by atoms with E-state index in [2.05, 4.69) is 15.5 Å². The van der Waals surface area contributed by atoms with E-state index in [4.69, 9.17) is 21.1 Å². The monoisotopic (exact) mass is 507 g/mol. The summed E-state index contributed by atoms with van der Waals surface area (Å²) in [5.74, 6) is 1.22. The van der Waals surface area contributed by atoms with Gasteiger partial charge in [0.05, 0.1) is 54.6 Å². The van der Waals surface area contributed by atoms with Crippen molar-refractivity contribution in [2.24, 2.45) is 0 Å². The molecule has 0 spiro atoms. The second kappa shape index (κ2) is 11.3. The molecule has 0 fully saturated rings. The quantitative estimate of drug-likeness (QED) is 0.306. The van der Waals surface area contributed by atoms with Crippen LogP contribution in [0, 0.1) is 13.8 Å². The molecule has 2 heterocycles. The van der Waals surface area contributed by atoms with Crippen LogP contribution in [0.3, 0.4) is 0 Å². The molecule has 188 valence electrons. The Kier molecular flexibility index (Phi) is 7.95. The summed E-state index contributed by atoms with van der Waals surface area (Å²) in [5.41, 5.74) is 4.84. The van der Waals surface area contributed by atoms with Crippen LogP contribution < -0.4 is 14.8 Å². The molecule has 0 aliphatic heterocycles. The minimum Gasteiger partial charge on any atom is -0.490 e. The van der Waals surface area contributed by atoms with E-state index < -0.39 is 0 Å². The third kappa shape index (κ3) is 5.88. The zero-order valence-electron chi connectivity index (χ0n) is 20.9. The van der Waals surface area contributed by atoms with Crippen LogP contribution in [0.2, 0.25) is 5.02 Å². The number of benzene rings is 2. The summed E-state index contributed by atoms with van der Waals surface area (Å²) in [5, 5.41) is 12.5. The first-order valence-corrected chi connectivity index (χ1v) is 12.3. The maximum absolute atomic E-state index is 12.9. The van der Waals surface area contributed by atoms with E-state index in [9.17, 15) is 4.79 Å². The lowest BCUT2D eigenvalue weighted by Gasteiger charge is -2.12. The highest BCUT2D eigenvalue weighted by Crippen LogP contribution is 2.29. The van der Waals surface area contributed by atoms with E-state index in [1.165, 1.54) is 0 Å². The summed E-state index contributed by atoms with van der Waals surface area (Å²) in [7, 11) is 0. The Bertz CT molecular complexity index is 1360. The van der Waals surface area contributed by atoms with Gasteiger partial charge >= 0.3 is 0 Å². The van der Waals surface area contributed by atoms with Crippen molar-refractivity contribution in [1.82, 2.24) is 19.6 Å². The third-order valence-electron chi connectivity index (χ3n) is 5.66. The first-order chi connectivity index (χ1) is 17.4. The fraction of sp³-hybridized carbons (Fsp3) is 0.296. The SMILES string of the molecule is CCOc1ccc(Cn2cc(NC(=O)c3cccc(Cn4nc(C)c(Cl)c4C)c3)cn2)cc1OCC. The predicted molar refractivity (Wildman–Crippen MR) is 140 cm³/mol. The number of rotatable bonds is 10. The van der Waals surface area contributed by atoms with Gasteiger partial charge < -0.3 is 14.8 Å². The predicted octanol–water partition coefficient (Wildman–Crippen LogP) is 5.50. The molecule has 0 saturated carbocycles. The molecule has 0 aliphatic carbocycles. The Morgan fingerprint density at radius 2 is 1.75 bits per heavy atom. The number of ether oxygens (including phenoxy) is 2. The van der Waals surface area contributed by atoms with Crippen LogP contribution in [0.25, 0.3) is 0 Å². The molecule has 0 aliphatic rings. The Morgan fingerprint density at radius 1 is 1.00 bits per heavy atom. The highest BCUT2D eigenvalue weighted by atomic mass is 35.5. The maximum atomic E-state index is 12.9. The van der Waals surface area contributed by atoms with Crippen LogP contribution in [-0.4, -0.2) is 38.7 Å². The van der Waals surface area contributed by atoms with Gasteiger partial charge in [0.15, 0.2) is 11.5 Å². The molecule has 4 rings (SSSR count). The van der Waals surface area contributed by atoms with E-state index in [0.29, 0.717) is 48.3 Å². The smallest absolute Gasteiger partial charge is 0.255 e. The van der Waals surface area contributed by atoms with Gasteiger partial charge in [-0.25, -0.2) is 0 Å². The number of hydrogen-bond donors (Lipinski definition) is 1. The topological polar surface area (TPSA) is 83.2 Å². The zero-order valence-corrected chi connectivity index (χ0v) is 21.7. The number of anilines is 1. The molecule has 2 aromatic heterocycles. The largest absolute Gasteiger partial charge is 0.490 e. The molecular weight excluding hydrogens is 478 g/mol. The summed E-state index contributed by atoms with van der Waals surface area (Å²) < 4.78 is 15.0. The average Bonchev–Trinajstić information content (AvgIpc) is 3.40. The van der Waals surface area contributed by atoms with Gasteiger partial charge in [0, 0.05) is 11.8 Å². The van der Waals surface area contributed by atoms with Crippen LogP contribution >= 0.6 is 11.6 Å². The molecule has 0 atom stereocenters. The molecule has 0 bridgehead atoms. The Labute approximate surface area is 215 Å². The van der Waals surface area contributed by atoms with Gasteiger partial charge in [0.1, 0.15) is 0 Å². The Morgan fingerprint density at radius 3 is 2.47 bits per heavy atom. The van der Waals surface area contributed by atoms with Gasteiger partial charge in [-0.1, -0.05) is 29.8 Å². The third-order valence-corrected chi connectivity index (χ3v) is 6.21. The molecule has 0 radical (unpaired) electrons. The minimum atomic E-state index is -0.206. The molecule has 1 N–H and O–H groups in total. The summed E-state index contributed by atoms with van der Waals surface area (Å²) in [6.45, 7) is 9.88. The molecule has 4 aromatic rings. The number of halogens is 1. The number of nitrogens with zero attached hydrogens (tertiary/aromatic N) is 4. The fourth-order valence-corrected chi connectivity index (χ4v) is 4.05. The molecule has 2 aromatic carbocycles. The van der Waals surface area contributed by atoms with Crippen molar-refractivity contribution in [3.05, 3.63) is 88.0 Å². The molecule has 8 nitrogen and oxygen atoms in total. The number of carbonyl (C=O) groups excluding carboxylic acids is 1. The van der Waals surface area contributed by atoms with Gasteiger partial charge in [-0.15, -0.1) is 0 Å². The minimum absolute atomic E-state index is 0.206. The second-order valence-electron chi connectivity index (χ2n) is 8.37. The van der Waals surface area contributed by atoms with Crippen LogP contribution in [0.4, 0.5) is 5.69 Å². The van der Waals surface area contributed by atoms with Crippen molar-refractivity contribution in [3.8, 4) is 11.5 Å². The molecule has 1 amide bonds. The molecule has 9 heteroatoms. The van der Waals surface area contributed by atoms with Crippen molar-refractivity contribution in [2.45, 2.75) is 40.8 Å². The molecule has 0 unspecified atom stereocenters. The lowest BCUT2D eigenvalue weighted by atomic mass is 10.1. The van der Waals surface area contributed by atoms with Crippen molar-refractivity contribution in [3.63, 3.8) is 0 Å². The number of aryl methyl sites for hydroxylation is 1. The van der Waals surface area contributed by atoms with Crippen molar-refractivity contribution in [2.75, 3.05) is 18.5 Å². The summed E-state index contributed by atoms with van der Waals surface area (Å²) in [4.78, 5) is 12.9. The highest BCUT2D eigenvalue weighted by Gasteiger charge is 2.13.